The van der Waals surface area contributed by atoms with E-state index >= 15 is 0 Å². The van der Waals surface area contributed by atoms with E-state index in [0.717, 1.165) is 43.5 Å². The SMILES string of the molecule is CCCNCCCc1nnc(-c2ccc(Cl)cc2C)o1. The van der Waals surface area contributed by atoms with Crippen LogP contribution in [-0.4, -0.2) is 23.3 Å². The maximum atomic E-state index is 5.95. The molecule has 4 nitrogen and oxygen atoms in total. The van der Waals surface area contributed by atoms with Gasteiger partial charge in [-0.1, -0.05) is 18.5 Å². The van der Waals surface area contributed by atoms with Crippen LogP contribution in [0, 0.1) is 6.92 Å². The van der Waals surface area contributed by atoms with E-state index in [0.29, 0.717) is 16.8 Å². The Labute approximate surface area is 124 Å². The van der Waals surface area contributed by atoms with Gasteiger partial charge in [-0.15, -0.1) is 10.2 Å². The summed E-state index contributed by atoms with van der Waals surface area (Å²) in [6.07, 6.45) is 2.96. The molecule has 0 saturated heterocycles. The zero-order chi connectivity index (χ0) is 14.4. The fraction of sp³-hybridized carbons (Fsp3) is 0.467. The van der Waals surface area contributed by atoms with Crippen LogP contribution in [0.4, 0.5) is 0 Å². The molecule has 0 radical (unpaired) electrons. The van der Waals surface area contributed by atoms with Gasteiger partial charge in [-0.05, 0) is 56.6 Å². The highest BCUT2D eigenvalue weighted by Gasteiger charge is 2.10. The fourth-order valence-electron chi connectivity index (χ4n) is 2.00. The number of nitrogens with one attached hydrogen (secondary N) is 1. The van der Waals surface area contributed by atoms with Crippen LogP contribution in [0.2, 0.25) is 5.02 Å². The van der Waals surface area contributed by atoms with E-state index in [9.17, 15) is 0 Å². The lowest BCUT2D eigenvalue weighted by Crippen LogP contribution is -2.16. The zero-order valence-corrected chi connectivity index (χ0v) is 12.7. The minimum absolute atomic E-state index is 0.565. The molecule has 0 amide bonds. The van der Waals surface area contributed by atoms with Gasteiger partial charge in [0.2, 0.25) is 11.8 Å². The maximum absolute atomic E-state index is 5.95. The first-order chi connectivity index (χ1) is 9.70. The molecule has 1 heterocycles. The molecule has 0 aliphatic carbocycles. The largest absolute Gasteiger partial charge is 0.421 e. The van der Waals surface area contributed by atoms with Gasteiger partial charge >= 0.3 is 0 Å². The second kappa shape index (κ2) is 7.41. The number of aryl methyl sites for hydroxylation is 2. The summed E-state index contributed by atoms with van der Waals surface area (Å²) in [4.78, 5) is 0. The number of rotatable bonds is 7. The lowest BCUT2D eigenvalue weighted by Gasteiger charge is -2.01. The number of benzene rings is 1. The normalized spacial score (nSPS) is 10.9. The Morgan fingerprint density at radius 3 is 2.85 bits per heavy atom. The van der Waals surface area contributed by atoms with Crippen molar-refractivity contribution in [1.82, 2.24) is 15.5 Å². The molecule has 0 bridgehead atoms. The van der Waals surface area contributed by atoms with E-state index in [1.54, 1.807) is 0 Å². The molecule has 0 unspecified atom stereocenters. The summed E-state index contributed by atoms with van der Waals surface area (Å²) in [7, 11) is 0. The van der Waals surface area contributed by atoms with Crippen LogP contribution < -0.4 is 5.32 Å². The van der Waals surface area contributed by atoms with E-state index in [2.05, 4.69) is 22.4 Å². The van der Waals surface area contributed by atoms with Gasteiger partial charge in [0, 0.05) is 17.0 Å². The van der Waals surface area contributed by atoms with Crippen molar-refractivity contribution in [1.29, 1.82) is 0 Å². The molecule has 0 aliphatic heterocycles. The molecule has 2 rings (SSSR count). The summed E-state index contributed by atoms with van der Waals surface area (Å²) in [5.41, 5.74) is 1.98. The van der Waals surface area contributed by atoms with E-state index in [1.165, 1.54) is 0 Å². The first-order valence-corrected chi connectivity index (χ1v) is 7.38. The summed E-state index contributed by atoms with van der Waals surface area (Å²) in [5.74, 6) is 1.25. The average Bonchev–Trinajstić information content (AvgIpc) is 2.87. The topological polar surface area (TPSA) is 51.0 Å². The van der Waals surface area contributed by atoms with E-state index in [1.807, 2.05) is 25.1 Å². The summed E-state index contributed by atoms with van der Waals surface area (Å²) >= 11 is 5.95. The first kappa shape index (κ1) is 15.0. The Morgan fingerprint density at radius 1 is 1.25 bits per heavy atom. The molecule has 0 fully saturated rings. The van der Waals surface area contributed by atoms with Crippen LogP contribution >= 0.6 is 11.6 Å². The molecule has 0 spiro atoms. The highest BCUT2D eigenvalue weighted by Crippen LogP contribution is 2.24. The zero-order valence-electron chi connectivity index (χ0n) is 11.9. The Hall–Kier alpha value is -1.39. The van der Waals surface area contributed by atoms with Gasteiger partial charge in [0.1, 0.15) is 0 Å². The Morgan fingerprint density at radius 2 is 2.10 bits per heavy atom. The summed E-state index contributed by atoms with van der Waals surface area (Å²) in [5, 5.41) is 12.3. The molecule has 108 valence electrons. The van der Waals surface area contributed by atoms with Crippen molar-refractivity contribution in [3.63, 3.8) is 0 Å². The summed E-state index contributed by atoms with van der Waals surface area (Å²) in [6, 6.07) is 5.65. The molecule has 0 aliphatic rings. The predicted molar refractivity (Wildman–Crippen MR) is 81.0 cm³/mol. The molecular weight excluding hydrogens is 274 g/mol. The molecule has 20 heavy (non-hydrogen) atoms. The molecule has 0 atom stereocenters. The van der Waals surface area contributed by atoms with Crippen molar-refractivity contribution >= 4 is 11.6 Å². The summed E-state index contributed by atoms with van der Waals surface area (Å²) < 4.78 is 5.70. The van der Waals surface area contributed by atoms with Crippen LogP contribution in [-0.2, 0) is 6.42 Å². The predicted octanol–water partition coefficient (Wildman–Crippen LogP) is 3.63. The van der Waals surface area contributed by atoms with Gasteiger partial charge in [0.05, 0.1) is 0 Å². The number of nitrogens with zero attached hydrogens (tertiary/aromatic N) is 2. The van der Waals surface area contributed by atoms with Crippen LogP contribution in [0.1, 0.15) is 31.2 Å². The van der Waals surface area contributed by atoms with Crippen molar-refractivity contribution in [2.24, 2.45) is 0 Å². The summed E-state index contributed by atoms with van der Waals surface area (Å²) in [6.45, 7) is 6.18. The third-order valence-corrected chi connectivity index (χ3v) is 3.29. The fourth-order valence-corrected chi connectivity index (χ4v) is 2.22. The van der Waals surface area contributed by atoms with Crippen molar-refractivity contribution in [3.8, 4) is 11.5 Å². The number of hydrogen-bond donors (Lipinski definition) is 1. The highest BCUT2D eigenvalue weighted by molar-refractivity contribution is 6.30. The van der Waals surface area contributed by atoms with Gasteiger partial charge in [-0.25, -0.2) is 0 Å². The maximum Gasteiger partial charge on any atom is 0.247 e. The minimum atomic E-state index is 0.565. The smallest absolute Gasteiger partial charge is 0.247 e. The molecule has 0 saturated carbocycles. The third kappa shape index (κ3) is 4.05. The monoisotopic (exact) mass is 293 g/mol. The van der Waals surface area contributed by atoms with Gasteiger partial charge in [-0.2, -0.15) is 0 Å². The average molecular weight is 294 g/mol. The van der Waals surface area contributed by atoms with Crippen molar-refractivity contribution < 1.29 is 4.42 Å². The standard InChI is InChI=1S/C15H20ClN3O/c1-3-8-17-9-4-5-14-18-19-15(20-14)13-7-6-12(16)10-11(13)2/h6-7,10,17H,3-5,8-9H2,1-2H3. The van der Waals surface area contributed by atoms with E-state index in [4.69, 9.17) is 16.0 Å². The van der Waals surface area contributed by atoms with Gasteiger partial charge in [-0.3, -0.25) is 0 Å². The Bertz CT molecular complexity index is 554. The van der Waals surface area contributed by atoms with Crippen LogP contribution in [0.25, 0.3) is 11.5 Å². The molecule has 1 aromatic carbocycles. The van der Waals surface area contributed by atoms with Crippen LogP contribution in [0.15, 0.2) is 22.6 Å². The highest BCUT2D eigenvalue weighted by atomic mass is 35.5. The second-order valence-electron chi connectivity index (χ2n) is 4.81. The molecule has 5 heteroatoms. The van der Waals surface area contributed by atoms with Crippen molar-refractivity contribution in [2.45, 2.75) is 33.1 Å². The lowest BCUT2D eigenvalue weighted by atomic mass is 10.1. The number of hydrogen-bond acceptors (Lipinski definition) is 4. The van der Waals surface area contributed by atoms with E-state index in [-0.39, 0.29) is 0 Å². The third-order valence-electron chi connectivity index (χ3n) is 3.06. The van der Waals surface area contributed by atoms with Crippen molar-refractivity contribution in [2.75, 3.05) is 13.1 Å². The molecular formula is C15H20ClN3O. The van der Waals surface area contributed by atoms with Gasteiger partial charge in [0.25, 0.3) is 0 Å². The molecule has 1 aromatic heterocycles. The minimum Gasteiger partial charge on any atom is -0.421 e. The van der Waals surface area contributed by atoms with Crippen molar-refractivity contribution in [3.05, 3.63) is 34.7 Å². The second-order valence-corrected chi connectivity index (χ2v) is 5.25. The number of aromatic nitrogens is 2. The molecule has 1 N–H and O–H groups in total. The van der Waals surface area contributed by atoms with Crippen LogP contribution in [0.5, 0.6) is 0 Å². The lowest BCUT2D eigenvalue weighted by molar-refractivity contribution is 0.491. The number of halogens is 1. The van der Waals surface area contributed by atoms with Gasteiger partial charge in [0.15, 0.2) is 0 Å². The Balaban J connectivity index is 1.95. The first-order valence-electron chi connectivity index (χ1n) is 7.00. The van der Waals surface area contributed by atoms with Crippen LogP contribution in [0.3, 0.4) is 0 Å². The quantitative estimate of drug-likeness (QED) is 0.792. The molecule has 2 aromatic rings. The van der Waals surface area contributed by atoms with E-state index < -0.39 is 0 Å². The van der Waals surface area contributed by atoms with Gasteiger partial charge < -0.3 is 9.73 Å². The Kier molecular flexibility index (Phi) is 5.56.